The number of carbonyl (C=O) groups excluding carboxylic acids is 1. The minimum Gasteiger partial charge on any atom is -0.504 e. The second-order valence-electron chi connectivity index (χ2n) is 6.52. The predicted octanol–water partition coefficient (Wildman–Crippen LogP) is 5.01. The number of fused-ring (bicyclic) bond motifs is 2. The fourth-order valence-electron chi connectivity index (χ4n) is 3.61. The number of methoxy groups -OCH3 is 1. The quantitative estimate of drug-likeness (QED) is 0.774. The van der Waals surface area contributed by atoms with E-state index in [0.29, 0.717) is 17.9 Å². The number of phenolic OH excluding ortho intramolecular Hbond substituents is 1. The molecule has 0 radical (unpaired) electrons. The SMILES string of the molecule is C/C=C\C1=C(C)CN2C(=O)c3cc(OC)c(O)cc3N(C)CC2C1.CC.CC. The lowest BCUT2D eigenvalue weighted by Crippen LogP contribution is -2.47. The molecule has 0 saturated heterocycles. The third kappa shape index (κ3) is 4.70. The van der Waals surface area contributed by atoms with E-state index < -0.39 is 0 Å². The molecule has 5 heteroatoms. The van der Waals surface area contributed by atoms with Gasteiger partial charge in [0.1, 0.15) is 0 Å². The van der Waals surface area contributed by atoms with E-state index in [2.05, 4.69) is 13.0 Å². The first-order valence-electron chi connectivity index (χ1n) is 10.2. The van der Waals surface area contributed by atoms with Gasteiger partial charge in [0, 0.05) is 26.2 Å². The molecule has 3 rings (SSSR count). The minimum atomic E-state index is -0.00321. The van der Waals surface area contributed by atoms with Gasteiger partial charge in [0.05, 0.1) is 24.4 Å². The summed E-state index contributed by atoms with van der Waals surface area (Å²) in [6.07, 6.45) is 5.04. The zero-order valence-electron chi connectivity index (χ0n) is 18.7. The van der Waals surface area contributed by atoms with Gasteiger partial charge in [-0.05, 0) is 31.9 Å². The summed E-state index contributed by atoms with van der Waals surface area (Å²) in [5, 5.41) is 10.1. The summed E-state index contributed by atoms with van der Waals surface area (Å²) in [6, 6.07) is 3.39. The largest absolute Gasteiger partial charge is 0.504 e. The molecular formula is C23H36N2O3. The Kier molecular flexibility index (Phi) is 9.10. The van der Waals surface area contributed by atoms with Gasteiger partial charge in [0.25, 0.3) is 5.91 Å². The number of amides is 1. The average molecular weight is 389 g/mol. The van der Waals surface area contributed by atoms with Crippen LogP contribution in [0.5, 0.6) is 11.5 Å². The van der Waals surface area contributed by atoms with Crippen LogP contribution >= 0.6 is 0 Å². The average Bonchev–Trinajstić information content (AvgIpc) is 2.80. The van der Waals surface area contributed by atoms with E-state index in [1.807, 2.05) is 57.5 Å². The first kappa shape index (κ1) is 23.6. The number of nitrogens with zero attached hydrogens (tertiary/aromatic N) is 2. The summed E-state index contributed by atoms with van der Waals surface area (Å²) >= 11 is 0. The van der Waals surface area contributed by atoms with Crippen molar-refractivity contribution in [1.82, 2.24) is 4.90 Å². The van der Waals surface area contributed by atoms with E-state index in [4.69, 9.17) is 4.74 Å². The van der Waals surface area contributed by atoms with E-state index in [-0.39, 0.29) is 17.7 Å². The van der Waals surface area contributed by atoms with Crippen molar-refractivity contribution >= 4 is 11.6 Å². The number of benzene rings is 1. The van der Waals surface area contributed by atoms with E-state index >= 15 is 0 Å². The molecule has 1 aromatic carbocycles. The van der Waals surface area contributed by atoms with Crippen LogP contribution in [0.4, 0.5) is 5.69 Å². The Bertz CT molecular complexity index is 738. The molecule has 0 fully saturated rings. The van der Waals surface area contributed by atoms with Crippen LogP contribution in [0, 0.1) is 0 Å². The van der Waals surface area contributed by atoms with Gasteiger partial charge in [-0.2, -0.15) is 0 Å². The summed E-state index contributed by atoms with van der Waals surface area (Å²) in [6.45, 7) is 13.5. The molecule has 2 heterocycles. The summed E-state index contributed by atoms with van der Waals surface area (Å²) in [5.41, 5.74) is 3.87. The molecule has 1 unspecified atom stereocenters. The maximum absolute atomic E-state index is 13.1. The van der Waals surface area contributed by atoms with Crippen LogP contribution in [0.3, 0.4) is 0 Å². The van der Waals surface area contributed by atoms with E-state index in [9.17, 15) is 9.90 Å². The molecular weight excluding hydrogens is 352 g/mol. The highest BCUT2D eigenvalue weighted by atomic mass is 16.5. The van der Waals surface area contributed by atoms with Gasteiger partial charge in [0.15, 0.2) is 11.5 Å². The molecule has 2 aliphatic rings. The maximum atomic E-state index is 13.1. The van der Waals surface area contributed by atoms with Gasteiger partial charge in [0.2, 0.25) is 0 Å². The second kappa shape index (κ2) is 10.8. The Morgan fingerprint density at radius 1 is 1.21 bits per heavy atom. The third-order valence-corrected chi connectivity index (χ3v) is 4.90. The summed E-state index contributed by atoms with van der Waals surface area (Å²) in [7, 11) is 3.45. The molecule has 0 aromatic heterocycles. The van der Waals surface area contributed by atoms with Crippen molar-refractivity contribution in [1.29, 1.82) is 0 Å². The van der Waals surface area contributed by atoms with Crippen LogP contribution in [0.25, 0.3) is 0 Å². The smallest absolute Gasteiger partial charge is 0.256 e. The molecule has 156 valence electrons. The van der Waals surface area contributed by atoms with Crippen molar-refractivity contribution in [2.45, 2.75) is 54.0 Å². The lowest BCUT2D eigenvalue weighted by molar-refractivity contribution is 0.0698. The normalized spacial score (nSPS) is 18.4. The number of carbonyl (C=O) groups is 1. The molecule has 5 nitrogen and oxygen atoms in total. The molecule has 1 amide bonds. The van der Waals surface area contributed by atoms with Crippen LogP contribution in [-0.4, -0.2) is 49.2 Å². The monoisotopic (exact) mass is 388 g/mol. The lowest BCUT2D eigenvalue weighted by atomic mass is 9.94. The Morgan fingerprint density at radius 2 is 1.86 bits per heavy atom. The minimum absolute atomic E-state index is 0.00321. The standard InChI is InChI=1S/C19H24N2O3.2C2H6/c1-5-6-13-7-14-11-20(3)16-9-17(22)18(24-4)8-15(16)19(23)21(14)10-12(13)2;2*1-2/h5-6,8-9,14,22H,7,10-11H2,1-4H3;2*1-2H3/b6-5-;;. The number of ether oxygens (including phenoxy) is 1. The van der Waals surface area contributed by atoms with Gasteiger partial charge in [-0.3, -0.25) is 4.79 Å². The van der Waals surface area contributed by atoms with Crippen molar-refractivity contribution in [3.63, 3.8) is 0 Å². The van der Waals surface area contributed by atoms with Crippen molar-refractivity contribution in [3.8, 4) is 11.5 Å². The fourth-order valence-corrected chi connectivity index (χ4v) is 3.61. The third-order valence-electron chi connectivity index (χ3n) is 4.90. The lowest BCUT2D eigenvalue weighted by Gasteiger charge is -2.36. The molecule has 0 spiro atoms. The number of likely N-dealkylation sites (N-methyl/N-ethyl adjacent to an activating group) is 1. The Morgan fingerprint density at radius 3 is 2.43 bits per heavy atom. The topological polar surface area (TPSA) is 53.0 Å². The van der Waals surface area contributed by atoms with Crippen molar-refractivity contribution in [3.05, 3.63) is 41.0 Å². The number of phenols is 1. The highest BCUT2D eigenvalue weighted by Gasteiger charge is 2.35. The fraction of sp³-hybridized carbons (Fsp3) is 0.522. The van der Waals surface area contributed by atoms with Crippen LogP contribution in [0.15, 0.2) is 35.4 Å². The number of anilines is 1. The molecule has 1 aromatic rings. The van der Waals surface area contributed by atoms with Crippen molar-refractivity contribution in [2.24, 2.45) is 0 Å². The number of aromatic hydroxyl groups is 1. The van der Waals surface area contributed by atoms with Crippen LogP contribution in [0.1, 0.15) is 58.3 Å². The number of rotatable bonds is 2. The zero-order valence-corrected chi connectivity index (χ0v) is 18.7. The van der Waals surface area contributed by atoms with Gasteiger partial charge < -0.3 is 19.6 Å². The number of hydrogen-bond donors (Lipinski definition) is 1. The van der Waals surface area contributed by atoms with Crippen molar-refractivity contribution < 1.29 is 14.6 Å². The number of hydrogen-bond acceptors (Lipinski definition) is 4. The highest BCUT2D eigenvalue weighted by molar-refractivity contribution is 6.02. The molecule has 1 atom stereocenters. The summed E-state index contributed by atoms with van der Waals surface area (Å²) < 4.78 is 5.18. The van der Waals surface area contributed by atoms with Gasteiger partial charge >= 0.3 is 0 Å². The summed E-state index contributed by atoms with van der Waals surface area (Å²) in [5.74, 6) is 0.379. The van der Waals surface area contributed by atoms with Crippen LogP contribution in [-0.2, 0) is 0 Å². The van der Waals surface area contributed by atoms with Crippen LogP contribution in [0.2, 0.25) is 0 Å². The molecule has 0 saturated carbocycles. The van der Waals surface area contributed by atoms with E-state index in [1.165, 1.54) is 18.3 Å². The molecule has 28 heavy (non-hydrogen) atoms. The zero-order chi connectivity index (χ0) is 21.4. The molecule has 0 aliphatic carbocycles. The molecule has 1 N–H and O–H groups in total. The van der Waals surface area contributed by atoms with Crippen LogP contribution < -0.4 is 9.64 Å². The number of allylic oxidation sites excluding steroid dienone is 2. The Hall–Kier alpha value is -2.43. The highest BCUT2D eigenvalue weighted by Crippen LogP contribution is 2.38. The Balaban J connectivity index is 0.000000921. The molecule has 2 aliphatic heterocycles. The van der Waals surface area contributed by atoms with Gasteiger partial charge in [-0.25, -0.2) is 0 Å². The predicted molar refractivity (Wildman–Crippen MR) is 118 cm³/mol. The second-order valence-corrected chi connectivity index (χ2v) is 6.52. The first-order valence-corrected chi connectivity index (χ1v) is 10.2. The first-order chi connectivity index (χ1) is 13.5. The molecule has 0 bridgehead atoms. The Labute approximate surface area is 170 Å². The van der Waals surface area contributed by atoms with Crippen molar-refractivity contribution in [2.75, 3.05) is 32.1 Å². The van der Waals surface area contributed by atoms with E-state index in [1.54, 1.807) is 12.1 Å². The van der Waals surface area contributed by atoms with Gasteiger partial charge in [-0.15, -0.1) is 0 Å². The van der Waals surface area contributed by atoms with E-state index in [0.717, 1.165) is 18.7 Å². The van der Waals surface area contributed by atoms with Gasteiger partial charge in [-0.1, -0.05) is 45.4 Å². The summed E-state index contributed by atoms with van der Waals surface area (Å²) in [4.78, 5) is 17.1. The maximum Gasteiger partial charge on any atom is 0.256 e.